The Bertz CT molecular complexity index is 291. The second kappa shape index (κ2) is 9.09. The molecule has 6 heteroatoms. The molecule has 0 bridgehead atoms. The maximum absolute atomic E-state index is 5.35. The summed E-state index contributed by atoms with van der Waals surface area (Å²) in [5.41, 5.74) is 0. The minimum Gasteiger partial charge on any atom is -0.424 e. The zero-order valence-corrected chi connectivity index (χ0v) is 10.6. The van der Waals surface area contributed by atoms with Gasteiger partial charge in [-0.1, -0.05) is 0 Å². The highest BCUT2D eigenvalue weighted by atomic mass is 16.5. The summed E-state index contributed by atoms with van der Waals surface area (Å²) in [4.78, 5) is 0. The number of ether oxygens (including phenoxy) is 2. The highest BCUT2D eigenvalue weighted by Crippen LogP contribution is 1.97. The molecule has 0 fully saturated rings. The van der Waals surface area contributed by atoms with Gasteiger partial charge in [0.15, 0.2) is 0 Å². The van der Waals surface area contributed by atoms with Crippen molar-refractivity contribution in [1.82, 2.24) is 15.5 Å². The highest BCUT2D eigenvalue weighted by Gasteiger charge is 2.00. The lowest BCUT2D eigenvalue weighted by atomic mass is 10.3. The van der Waals surface area contributed by atoms with E-state index in [0.29, 0.717) is 31.5 Å². The maximum atomic E-state index is 5.35. The van der Waals surface area contributed by atoms with Crippen LogP contribution in [0.4, 0.5) is 0 Å². The molecule has 1 rings (SSSR count). The smallest absolute Gasteiger partial charge is 0.230 e. The Hall–Kier alpha value is -0.980. The van der Waals surface area contributed by atoms with Crippen molar-refractivity contribution in [1.29, 1.82) is 0 Å². The first-order chi connectivity index (χ1) is 8.33. The predicted molar refractivity (Wildman–Crippen MR) is 62.7 cm³/mol. The third-order valence-corrected chi connectivity index (χ3v) is 2.17. The van der Waals surface area contributed by atoms with E-state index >= 15 is 0 Å². The molecule has 1 N–H and O–H groups in total. The number of methoxy groups -OCH3 is 1. The molecule has 0 aromatic carbocycles. The Kier molecular flexibility index (Phi) is 7.53. The standard InChI is InChI=1S/C11H21N3O3/c1-10-13-14-11(17-10)9-12-5-3-4-6-16-8-7-15-2/h12H,3-9H2,1-2H3. The predicted octanol–water partition coefficient (Wildman–Crippen LogP) is 0.911. The number of aryl methyl sites for hydroxylation is 1. The third kappa shape index (κ3) is 7.04. The third-order valence-electron chi connectivity index (χ3n) is 2.17. The molecule has 0 aliphatic heterocycles. The molecule has 17 heavy (non-hydrogen) atoms. The molecule has 0 aliphatic rings. The van der Waals surface area contributed by atoms with Crippen LogP contribution >= 0.6 is 0 Å². The van der Waals surface area contributed by atoms with Crippen LogP contribution in [0.1, 0.15) is 24.6 Å². The van der Waals surface area contributed by atoms with E-state index in [1.54, 1.807) is 14.0 Å². The van der Waals surface area contributed by atoms with Crippen LogP contribution in [0, 0.1) is 6.92 Å². The first kappa shape index (κ1) is 14.1. The molecule has 0 amide bonds. The Morgan fingerprint density at radius 2 is 2.06 bits per heavy atom. The molecule has 1 aromatic heterocycles. The van der Waals surface area contributed by atoms with E-state index in [9.17, 15) is 0 Å². The Balaban J connectivity index is 1.84. The summed E-state index contributed by atoms with van der Waals surface area (Å²) in [5, 5.41) is 10.9. The first-order valence-corrected chi connectivity index (χ1v) is 5.89. The fourth-order valence-corrected chi connectivity index (χ4v) is 1.30. The average molecular weight is 243 g/mol. The molecular formula is C11H21N3O3. The van der Waals surface area contributed by atoms with E-state index in [-0.39, 0.29) is 0 Å². The summed E-state index contributed by atoms with van der Waals surface area (Å²) in [6, 6.07) is 0. The van der Waals surface area contributed by atoms with Crippen LogP contribution in [0.3, 0.4) is 0 Å². The van der Waals surface area contributed by atoms with Crippen molar-refractivity contribution in [3.63, 3.8) is 0 Å². The number of nitrogens with one attached hydrogen (secondary N) is 1. The van der Waals surface area contributed by atoms with E-state index in [4.69, 9.17) is 13.9 Å². The van der Waals surface area contributed by atoms with Crippen LogP contribution < -0.4 is 5.32 Å². The van der Waals surface area contributed by atoms with E-state index in [1.165, 1.54) is 0 Å². The van der Waals surface area contributed by atoms with Crippen molar-refractivity contribution in [3.05, 3.63) is 11.8 Å². The molecule has 0 radical (unpaired) electrons. The molecule has 0 atom stereocenters. The number of hydrogen-bond donors (Lipinski definition) is 1. The lowest BCUT2D eigenvalue weighted by Crippen LogP contribution is -2.15. The van der Waals surface area contributed by atoms with Crippen molar-refractivity contribution in [2.75, 3.05) is 33.5 Å². The summed E-state index contributed by atoms with van der Waals surface area (Å²) in [6.07, 6.45) is 2.11. The van der Waals surface area contributed by atoms with Gasteiger partial charge in [-0.15, -0.1) is 10.2 Å². The summed E-state index contributed by atoms with van der Waals surface area (Å²) in [5.74, 6) is 1.24. The molecule has 0 saturated carbocycles. The van der Waals surface area contributed by atoms with Crippen molar-refractivity contribution in [2.45, 2.75) is 26.3 Å². The van der Waals surface area contributed by atoms with Gasteiger partial charge in [0.1, 0.15) is 0 Å². The molecule has 6 nitrogen and oxygen atoms in total. The van der Waals surface area contributed by atoms with Gasteiger partial charge in [0.25, 0.3) is 0 Å². The molecule has 1 heterocycles. The second-order valence-electron chi connectivity index (χ2n) is 3.70. The van der Waals surface area contributed by atoms with Crippen LogP contribution in [0.5, 0.6) is 0 Å². The van der Waals surface area contributed by atoms with E-state index < -0.39 is 0 Å². The summed E-state index contributed by atoms with van der Waals surface area (Å²) >= 11 is 0. The van der Waals surface area contributed by atoms with Crippen LogP contribution in [0.15, 0.2) is 4.42 Å². The zero-order chi connectivity index (χ0) is 12.3. The van der Waals surface area contributed by atoms with Gasteiger partial charge < -0.3 is 19.2 Å². The number of nitrogens with zero attached hydrogens (tertiary/aromatic N) is 2. The minimum absolute atomic E-state index is 0.605. The summed E-state index contributed by atoms with van der Waals surface area (Å²) in [7, 11) is 1.67. The normalized spacial score (nSPS) is 10.9. The van der Waals surface area contributed by atoms with Crippen LogP contribution in [-0.2, 0) is 16.0 Å². The van der Waals surface area contributed by atoms with Gasteiger partial charge in [0.2, 0.25) is 11.8 Å². The van der Waals surface area contributed by atoms with Gasteiger partial charge in [0.05, 0.1) is 19.8 Å². The Morgan fingerprint density at radius 3 is 2.76 bits per heavy atom. The molecule has 0 unspecified atom stereocenters. The maximum Gasteiger partial charge on any atom is 0.230 e. The Morgan fingerprint density at radius 1 is 1.18 bits per heavy atom. The summed E-state index contributed by atoms with van der Waals surface area (Å²) in [6.45, 7) is 5.46. The number of unbranched alkanes of at least 4 members (excludes halogenated alkanes) is 1. The molecule has 98 valence electrons. The molecule has 0 spiro atoms. The van der Waals surface area contributed by atoms with Crippen LogP contribution in [0.2, 0.25) is 0 Å². The van der Waals surface area contributed by atoms with Gasteiger partial charge in [-0.05, 0) is 19.4 Å². The fourth-order valence-electron chi connectivity index (χ4n) is 1.30. The van der Waals surface area contributed by atoms with Crippen LogP contribution in [-0.4, -0.2) is 43.7 Å². The minimum atomic E-state index is 0.605. The molecular weight excluding hydrogens is 222 g/mol. The SMILES string of the molecule is COCCOCCCCNCc1nnc(C)o1. The molecule has 0 aliphatic carbocycles. The van der Waals surface area contributed by atoms with Crippen molar-refractivity contribution < 1.29 is 13.9 Å². The van der Waals surface area contributed by atoms with E-state index in [1.807, 2.05) is 0 Å². The average Bonchev–Trinajstić information content (AvgIpc) is 2.73. The highest BCUT2D eigenvalue weighted by molar-refractivity contribution is 4.77. The van der Waals surface area contributed by atoms with Crippen LogP contribution in [0.25, 0.3) is 0 Å². The number of aromatic nitrogens is 2. The van der Waals surface area contributed by atoms with Gasteiger partial charge in [-0.3, -0.25) is 0 Å². The number of hydrogen-bond acceptors (Lipinski definition) is 6. The topological polar surface area (TPSA) is 69.4 Å². The van der Waals surface area contributed by atoms with E-state index in [0.717, 1.165) is 26.0 Å². The summed E-state index contributed by atoms with van der Waals surface area (Å²) < 4.78 is 15.5. The van der Waals surface area contributed by atoms with Gasteiger partial charge in [-0.25, -0.2) is 0 Å². The van der Waals surface area contributed by atoms with Crippen molar-refractivity contribution in [3.8, 4) is 0 Å². The number of rotatable bonds is 10. The molecule has 0 saturated heterocycles. The quantitative estimate of drug-likeness (QED) is 0.616. The van der Waals surface area contributed by atoms with Gasteiger partial charge in [-0.2, -0.15) is 0 Å². The second-order valence-corrected chi connectivity index (χ2v) is 3.70. The first-order valence-electron chi connectivity index (χ1n) is 5.89. The lowest BCUT2D eigenvalue weighted by Gasteiger charge is -2.04. The van der Waals surface area contributed by atoms with Crippen molar-refractivity contribution >= 4 is 0 Å². The fraction of sp³-hybridized carbons (Fsp3) is 0.818. The van der Waals surface area contributed by atoms with Gasteiger partial charge >= 0.3 is 0 Å². The lowest BCUT2D eigenvalue weighted by molar-refractivity contribution is 0.0688. The van der Waals surface area contributed by atoms with Gasteiger partial charge in [0, 0.05) is 20.6 Å². The molecule has 1 aromatic rings. The zero-order valence-electron chi connectivity index (χ0n) is 10.6. The Labute approximate surface area is 102 Å². The monoisotopic (exact) mass is 243 g/mol. The van der Waals surface area contributed by atoms with E-state index in [2.05, 4.69) is 15.5 Å². The van der Waals surface area contributed by atoms with Crippen molar-refractivity contribution in [2.24, 2.45) is 0 Å². The largest absolute Gasteiger partial charge is 0.424 e.